The molecule has 2 atom stereocenters. The van der Waals surface area contributed by atoms with Crippen LogP contribution in [0, 0.1) is 5.82 Å². The third kappa shape index (κ3) is 9.62. The Bertz CT molecular complexity index is 1050. The van der Waals surface area contributed by atoms with Gasteiger partial charge >= 0.3 is 5.97 Å². The van der Waals surface area contributed by atoms with Crippen molar-refractivity contribution in [1.82, 2.24) is 5.32 Å². The highest BCUT2D eigenvalue weighted by atomic mass is 35.5. The minimum absolute atomic E-state index is 0.0912. The van der Waals surface area contributed by atoms with E-state index in [1.807, 2.05) is 29.2 Å². The molecule has 0 aliphatic rings. The summed E-state index contributed by atoms with van der Waals surface area (Å²) in [6, 6.07) is 10.4. The lowest BCUT2D eigenvalue weighted by molar-refractivity contribution is -0.151. The van der Waals surface area contributed by atoms with E-state index in [1.54, 1.807) is 0 Å². The van der Waals surface area contributed by atoms with Crippen molar-refractivity contribution in [3.8, 4) is 0 Å². The fourth-order valence-electron chi connectivity index (χ4n) is 3.42. The first-order valence-corrected chi connectivity index (χ1v) is 12.8. The molecule has 0 aromatic heterocycles. The van der Waals surface area contributed by atoms with Crippen LogP contribution >= 0.6 is 23.2 Å². The fourth-order valence-corrected chi connectivity index (χ4v) is 3.83. The first-order valence-electron chi connectivity index (χ1n) is 11.7. The number of esters is 1. The SMILES string of the molecule is [B]C([B])([B])C([B])([B])OC(=O)[C@H](Cc1ccc(F)cc1)NC(=O)[C@@H](N)Cc1ccc(N(CCCl)CCCl)cc1. The van der Waals surface area contributed by atoms with Gasteiger partial charge in [-0.1, -0.05) is 24.3 Å². The lowest BCUT2D eigenvalue weighted by atomic mass is 9.28. The van der Waals surface area contributed by atoms with Crippen molar-refractivity contribution in [2.24, 2.45) is 5.73 Å². The van der Waals surface area contributed by atoms with E-state index in [0.717, 1.165) is 11.3 Å². The Balaban J connectivity index is 2.14. The number of benzene rings is 2. The van der Waals surface area contributed by atoms with Gasteiger partial charge in [0.2, 0.25) is 5.91 Å². The standard InChI is InChI=1S/C24H25B5Cl2FN3O3/c25-23(26,27)24(28,29)38-22(37)20(14-16-1-5-17(32)6-2-16)34-21(36)19(33)13-15-3-7-18(8-4-15)35(11-9-30)12-10-31/h1-8,19-20H,9-14,33H2,(H,34,36)/t19-,20-/m0/s1. The predicted molar refractivity (Wildman–Crippen MR) is 154 cm³/mol. The van der Waals surface area contributed by atoms with Gasteiger partial charge in [-0.25, -0.2) is 9.18 Å². The molecule has 2 aromatic carbocycles. The summed E-state index contributed by atoms with van der Waals surface area (Å²) in [6.45, 7) is 1.27. The lowest BCUT2D eigenvalue weighted by Gasteiger charge is -2.42. The van der Waals surface area contributed by atoms with E-state index in [0.29, 0.717) is 30.4 Å². The van der Waals surface area contributed by atoms with Crippen LogP contribution in [0.15, 0.2) is 48.5 Å². The van der Waals surface area contributed by atoms with E-state index in [4.69, 9.17) is 72.9 Å². The molecule has 0 spiro atoms. The van der Waals surface area contributed by atoms with Gasteiger partial charge in [0.1, 0.15) is 27.6 Å². The molecule has 0 aliphatic carbocycles. The highest BCUT2D eigenvalue weighted by Gasteiger charge is 2.36. The Morgan fingerprint density at radius 2 is 1.42 bits per heavy atom. The molecule has 0 saturated heterocycles. The van der Waals surface area contributed by atoms with Gasteiger partial charge in [0, 0.05) is 42.4 Å². The molecule has 2 rings (SSSR count). The van der Waals surface area contributed by atoms with Crippen LogP contribution in [0.1, 0.15) is 11.1 Å². The summed E-state index contributed by atoms with van der Waals surface area (Å²) in [6.07, 6.45) is 0.0801. The molecule has 0 aliphatic heterocycles. The number of halogens is 3. The molecule has 0 fully saturated rings. The third-order valence-corrected chi connectivity index (χ3v) is 6.04. The normalized spacial score (nSPS) is 13.4. The van der Waals surface area contributed by atoms with E-state index in [2.05, 4.69) is 5.32 Å². The highest BCUT2D eigenvalue weighted by molar-refractivity contribution is 6.67. The van der Waals surface area contributed by atoms with Crippen LogP contribution in [-0.2, 0) is 27.2 Å². The molecule has 38 heavy (non-hydrogen) atoms. The van der Waals surface area contributed by atoms with Gasteiger partial charge in [0.05, 0.1) is 29.6 Å². The van der Waals surface area contributed by atoms with Gasteiger partial charge in [0.25, 0.3) is 0 Å². The van der Waals surface area contributed by atoms with Crippen molar-refractivity contribution in [2.75, 3.05) is 29.7 Å². The van der Waals surface area contributed by atoms with E-state index in [1.165, 1.54) is 24.3 Å². The Morgan fingerprint density at radius 3 is 1.92 bits per heavy atom. The number of ether oxygens (including phenoxy) is 1. The zero-order valence-corrected chi connectivity index (χ0v) is 22.3. The Labute approximate surface area is 239 Å². The lowest BCUT2D eigenvalue weighted by Crippen LogP contribution is -2.55. The molecule has 6 nitrogen and oxygen atoms in total. The fraction of sp³-hybridized carbons (Fsp3) is 0.417. The molecular formula is C24H25B5Cl2FN3O3. The average Bonchev–Trinajstić information content (AvgIpc) is 2.84. The Kier molecular flexibility index (Phi) is 12.2. The number of rotatable bonds is 14. The van der Waals surface area contributed by atoms with E-state index in [-0.39, 0.29) is 12.8 Å². The van der Waals surface area contributed by atoms with Crippen molar-refractivity contribution in [3.63, 3.8) is 0 Å². The number of alkyl halides is 2. The molecule has 0 unspecified atom stereocenters. The second-order valence-corrected chi connectivity index (χ2v) is 9.64. The number of hydrogen-bond donors (Lipinski definition) is 2. The molecule has 0 heterocycles. The summed E-state index contributed by atoms with van der Waals surface area (Å²) in [5, 5.41) is -2.20. The molecule has 0 bridgehead atoms. The minimum Gasteiger partial charge on any atom is -0.480 e. The quantitative estimate of drug-likeness (QED) is 0.208. The van der Waals surface area contributed by atoms with Crippen LogP contribution in [-0.4, -0.2) is 93.4 Å². The van der Waals surface area contributed by atoms with Crippen LogP contribution in [0.25, 0.3) is 0 Å². The summed E-state index contributed by atoms with van der Waals surface area (Å²) in [5.41, 5.74) is 8.36. The monoisotopic (exact) mass is 547 g/mol. The number of nitrogens with zero attached hydrogens (tertiary/aromatic N) is 1. The van der Waals surface area contributed by atoms with Crippen molar-refractivity contribution in [2.45, 2.75) is 35.4 Å². The Hall–Kier alpha value is -2.03. The first-order chi connectivity index (χ1) is 17.8. The summed E-state index contributed by atoms with van der Waals surface area (Å²) >= 11 is 11.7. The molecule has 3 N–H and O–H groups in total. The molecule has 1 amide bonds. The average molecular weight is 547 g/mol. The third-order valence-electron chi connectivity index (χ3n) is 5.70. The zero-order valence-electron chi connectivity index (χ0n) is 20.8. The Morgan fingerprint density at radius 1 is 0.921 bits per heavy atom. The molecule has 2 aromatic rings. The predicted octanol–water partition coefficient (Wildman–Crippen LogP) is 0.820. The highest BCUT2D eigenvalue weighted by Crippen LogP contribution is 2.26. The molecule has 14 heteroatoms. The second kappa shape index (κ2) is 14.4. The van der Waals surface area contributed by atoms with Crippen molar-refractivity contribution < 1.29 is 18.7 Å². The summed E-state index contributed by atoms with van der Waals surface area (Å²) in [5.74, 6) is -1.29. The molecule has 190 valence electrons. The van der Waals surface area contributed by atoms with E-state index >= 15 is 0 Å². The minimum atomic E-state index is -2.46. The number of amides is 1. The van der Waals surface area contributed by atoms with Gasteiger partial charge < -0.3 is 20.7 Å². The summed E-state index contributed by atoms with van der Waals surface area (Å²) < 4.78 is 18.4. The van der Waals surface area contributed by atoms with E-state index in [9.17, 15) is 14.0 Å². The van der Waals surface area contributed by atoms with E-state index < -0.39 is 40.3 Å². The topological polar surface area (TPSA) is 84.7 Å². The van der Waals surface area contributed by atoms with Gasteiger partial charge in [-0.3, -0.25) is 4.79 Å². The number of nitrogens with two attached hydrogens (primary N) is 1. The second-order valence-electron chi connectivity index (χ2n) is 8.88. The first kappa shape index (κ1) is 32.2. The van der Waals surface area contributed by atoms with Gasteiger partial charge in [-0.15, -0.1) is 28.3 Å². The van der Waals surface area contributed by atoms with Crippen molar-refractivity contribution in [3.05, 3.63) is 65.5 Å². The number of carbonyl (C=O) groups is 2. The zero-order chi connectivity index (χ0) is 28.5. The number of carbonyl (C=O) groups excluding carboxylic acids is 2. The van der Waals surface area contributed by atoms with Crippen LogP contribution in [0.2, 0.25) is 5.11 Å². The van der Waals surface area contributed by atoms with Crippen molar-refractivity contribution >= 4 is 80.0 Å². The maximum atomic E-state index is 13.3. The molecular weight excluding hydrogens is 522 g/mol. The molecule has 0 saturated carbocycles. The van der Waals surface area contributed by atoms with Gasteiger partial charge in [0.15, 0.2) is 0 Å². The number of anilines is 1. The van der Waals surface area contributed by atoms with Gasteiger partial charge in [-0.05, 0) is 41.8 Å². The van der Waals surface area contributed by atoms with Crippen LogP contribution in [0.4, 0.5) is 10.1 Å². The van der Waals surface area contributed by atoms with Crippen LogP contribution in [0.5, 0.6) is 0 Å². The maximum absolute atomic E-state index is 13.3. The van der Waals surface area contributed by atoms with Gasteiger partial charge in [-0.2, -0.15) is 0 Å². The largest absolute Gasteiger partial charge is 0.480 e. The van der Waals surface area contributed by atoms with Crippen molar-refractivity contribution in [1.29, 1.82) is 0 Å². The van der Waals surface area contributed by atoms with Crippen LogP contribution < -0.4 is 16.0 Å². The number of hydrogen-bond acceptors (Lipinski definition) is 5. The molecule has 10 radical (unpaired) electrons. The van der Waals surface area contributed by atoms with Crippen LogP contribution in [0.3, 0.4) is 0 Å². The summed E-state index contributed by atoms with van der Waals surface area (Å²) in [4.78, 5) is 27.9. The maximum Gasteiger partial charge on any atom is 0.327 e. The smallest absolute Gasteiger partial charge is 0.327 e. The number of nitrogens with one attached hydrogen (secondary N) is 1. The summed E-state index contributed by atoms with van der Waals surface area (Å²) in [7, 11) is 27.8.